The summed E-state index contributed by atoms with van der Waals surface area (Å²) in [5.41, 5.74) is 1.47. The summed E-state index contributed by atoms with van der Waals surface area (Å²) in [5, 5.41) is 4.26. The number of aryl methyl sites for hydroxylation is 2. The highest BCUT2D eigenvalue weighted by Gasteiger charge is 2.29. The maximum absolute atomic E-state index is 12.3. The zero-order valence-corrected chi connectivity index (χ0v) is 11.2. The van der Waals surface area contributed by atoms with Gasteiger partial charge in [-0.05, 0) is 19.3 Å². The molecule has 94 valence electrons. The lowest BCUT2D eigenvalue weighted by Crippen LogP contribution is -2.43. The number of aromatic nitrogens is 2. The predicted octanol–water partition coefficient (Wildman–Crippen LogP) is 1.82. The Bertz CT molecular complexity index is 429. The van der Waals surface area contributed by atoms with Crippen LogP contribution in [0.25, 0.3) is 0 Å². The van der Waals surface area contributed by atoms with Crippen LogP contribution in [0.3, 0.4) is 0 Å². The average Bonchev–Trinajstić information content (AvgIpc) is 2.61. The molecule has 4 nitrogen and oxygen atoms in total. The topological polar surface area (TPSA) is 38.1 Å². The minimum absolute atomic E-state index is 0.0492. The summed E-state index contributed by atoms with van der Waals surface area (Å²) in [7, 11) is 1.83. The highest BCUT2D eigenvalue weighted by Crippen LogP contribution is 2.23. The van der Waals surface area contributed by atoms with Crippen LogP contribution in [0.5, 0.6) is 0 Å². The normalized spacial score (nSPS) is 25.1. The number of nitrogens with zero attached hydrogens (tertiary/aromatic N) is 3. The largest absolute Gasteiger partial charge is 0.337 e. The van der Waals surface area contributed by atoms with Crippen molar-refractivity contribution in [1.82, 2.24) is 14.7 Å². The first-order valence-electron chi connectivity index (χ1n) is 5.92. The Morgan fingerprint density at radius 1 is 1.59 bits per heavy atom. The molecule has 17 heavy (non-hydrogen) atoms. The van der Waals surface area contributed by atoms with Gasteiger partial charge in [0.25, 0.3) is 5.91 Å². The van der Waals surface area contributed by atoms with Crippen LogP contribution in [0, 0.1) is 12.8 Å². The quantitative estimate of drug-likeness (QED) is 0.718. The van der Waals surface area contributed by atoms with Crippen LogP contribution in [0.2, 0.25) is 0 Å². The fraction of sp³-hybridized carbons (Fsp3) is 0.667. The Labute approximate surface area is 107 Å². The molecule has 1 saturated heterocycles. The summed E-state index contributed by atoms with van der Waals surface area (Å²) in [4.78, 5) is 14.1. The predicted molar refractivity (Wildman–Crippen MR) is 67.3 cm³/mol. The summed E-state index contributed by atoms with van der Waals surface area (Å²) in [5.74, 6) is 0.531. The van der Waals surface area contributed by atoms with Gasteiger partial charge in [0, 0.05) is 26.3 Å². The van der Waals surface area contributed by atoms with E-state index in [0.29, 0.717) is 18.0 Å². The average molecular weight is 256 g/mol. The van der Waals surface area contributed by atoms with Gasteiger partial charge >= 0.3 is 0 Å². The van der Waals surface area contributed by atoms with Crippen LogP contribution in [0.4, 0.5) is 0 Å². The van der Waals surface area contributed by atoms with Crippen LogP contribution in [0.1, 0.15) is 29.4 Å². The van der Waals surface area contributed by atoms with E-state index in [0.717, 1.165) is 18.7 Å². The van der Waals surface area contributed by atoms with E-state index >= 15 is 0 Å². The lowest BCUT2D eigenvalue weighted by Gasteiger charge is -2.33. The molecule has 1 aliphatic rings. The van der Waals surface area contributed by atoms with Crippen molar-refractivity contribution in [2.45, 2.75) is 25.6 Å². The number of amides is 1. The van der Waals surface area contributed by atoms with Gasteiger partial charge in [-0.2, -0.15) is 5.10 Å². The number of rotatable bonds is 1. The Morgan fingerprint density at radius 2 is 2.29 bits per heavy atom. The van der Waals surface area contributed by atoms with E-state index in [1.165, 1.54) is 0 Å². The van der Waals surface area contributed by atoms with Crippen LogP contribution in [-0.4, -0.2) is 39.1 Å². The lowest BCUT2D eigenvalue weighted by atomic mass is 9.98. The number of piperidine rings is 1. The molecule has 0 aromatic carbocycles. The van der Waals surface area contributed by atoms with Crippen LogP contribution in [-0.2, 0) is 7.05 Å². The highest BCUT2D eigenvalue weighted by atomic mass is 35.5. The standard InChI is InChI=1S/C12H18ClN3O/c1-8-4-5-16(7-11(8)13)12(17)10-6-15(3)14-9(10)2/h6,8,11H,4-5,7H2,1-3H3. The minimum Gasteiger partial charge on any atom is -0.337 e. The molecule has 5 heteroatoms. The Balaban J connectivity index is 2.13. The number of hydrogen-bond donors (Lipinski definition) is 0. The van der Waals surface area contributed by atoms with Gasteiger partial charge in [-0.3, -0.25) is 9.48 Å². The first-order chi connectivity index (χ1) is 7.99. The molecule has 2 rings (SSSR count). The number of carbonyl (C=O) groups excluding carboxylic acids is 1. The Morgan fingerprint density at radius 3 is 2.82 bits per heavy atom. The van der Waals surface area contributed by atoms with Gasteiger partial charge in [0.1, 0.15) is 0 Å². The zero-order chi connectivity index (χ0) is 12.6. The molecule has 0 saturated carbocycles. The Hall–Kier alpha value is -1.03. The van der Waals surface area contributed by atoms with Gasteiger partial charge in [0.05, 0.1) is 16.6 Å². The molecule has 1 aromatic heterocycles. The van der Waals surface area contributed by atoms with Gasteiger partial charge in [-0.1, -0.05) is 6.92 Å². The molecule has 0 N–H and O–H groups in total. The summed E-state index contributed by atoms with van der Waals surface area (Å²) < 4.78 is 1.67. The molecular formula is C12H18ClN3O. The van der Waals surface area contributed by atoms with Crippen molar-refractivity contribution in [1.29, 1.82) is 0 Å². The maximum atomic E-state index is 12.3. The molecule has 0 spiro atoms. The fourth-order valence-electron chi connectivity index (χ4n) is 2.19. The molecule has 1 amide bonds. The molecule has 1 fully saturated rings. The number of likely N-dealkylation sites (tertiary alicyclic amines) is 1. The Kier molecular flexibility index (Phi) is 3.43. The van der Waals surface area contributed by atoms with Gasteiger partial charge in [-0.15, -0.1) is 11.6 Å². The van der Waals surface area contributed by atoms with Crippen molar-refractivity contribution in [2.75, 3.05) is 13.1 Å². The second-order valence-electron chi connectivity index (χ2n) is 4.83. The van der Waals surface area contributed by atoms with E-state index in [-0.39, 0.29) is 11.3 Å². The molecule has 2 atom stereocenters. The monoisotopic (exact) mass is 255 g/mol. The van der Waals surface area contributed by atoms with Gasteiger partial charge in [0.2, 0.25) is 0 Å². The SMILES string of the molecule is Cc1nn(C)cc1C(=O)N1CCC(C)C(Cl)C1. The molecule has 0 aliphatic carbocycles. The maximum Gasteiger partial charge on any atom is 0.257 e. The number of carbonyl (C=O) groups is 1. The molecule has 1 aliphatic heterocycles. The van der Waals surface area contributed by atoms with Crippen molar-refractivity contribution in [3.05, 3.63) is 17.5 Å². The zero-order valence-electron chi connectivity index (χ0n) is 10.5. The van der Waals surface area contributed by atoms with Gasteiger partial charge in [0.15, 0.2) is 0 Å². The smallest absolute Gasteiger partial charge is 0.257 e. The third-order valence-electron chi connectivity index (χ3n) is 3.40. The summed E-state index contributed by atoms with van der Waals surface area (Å²) in [6.07, 6.45) is 2.75. The van der Waals surface area contributed by atoms with Crippen molar-refractivity contribution in [3.63, 3.8) is 0 Å². The van der Waals surface area contributed by atoms with Crippen molar-refractivity contribution >= 4 is 17.5 Å². The second-order valence-corrected chi connectivity index (χ2v) is 5.40. The fourth-order valence-corrected chi connectivity index (χ4v) is 2.48. The van der Waals surface area contributed by atoms with Gasteiger partial charge < -0.3 is 4.90 Å². The molecule has 2 unspecified atom stereocenters. The molecular weight excluding hydrogens is 238 g/mol. The van der Waals surface area contributed by atoms with E-state index in [4.69, 9.17) is 11.6 Å². The number of halogens is 1. The van der Waals surface area contributed by atoms with E-state index in [2.05, 4.69) is 12.0 Å². The van der Waals surface area contributed by atoms with E-state index in [9.17, 15) is 4.79 Å². The minimum atomic E-state index is 0.0492. The molecule has 0 bridgehead atoms. The van der Waals surface area contributed by atoms with Crippen LogP contribution < -0.4 is 0 Å². The van der Waals surface area contributed by atoms with Crippen LogP contribution in [0.15, 0.2) is 6.20 Å². The first kappa shape index (κ1) is 12.4. The number of alkyl halides is 1. The molecule has 2 heterocycles. The molecule has 1 aromatic rings. The lowest BCUT2D eigenvalue weighted by molar-refractivity contribution is 0.0700. The summed E-state index contributed by atoms with van der Waals surface area (Å²) >= 11 is 6.22. The van der Waals surface area contributed by atoms with Crippen molar-refractivity contribution < 1.29 is 4.79 Å². The first-order valence-corrected chi connectivity index (χ1v) is 6.36. The summed E-state index contributed by atoms with van der Waals surface area (Å²) in [6.45, 7) is 5.42. The van der Waals surface area contributed by atoms with Crippen molar-refractivity contribution in [2.24, 2.45) is 13.0 Å². The molecule has 0 radical (unpaired) electrons. The summed E-state index contributed by atoms with van der Waals surface area (Å²) in [6, 6.07) is 0. The van der Waals surface area contributed by atoms with E-state index < -0.39 is 0 Å². The van der Waals surface area contributed by atoms with E-state index in [1.54, 1.807) is 10.9 Å². The van der Waals surface area contributed by atoms with E-state index in [1.807, 2.05) is 18.9 Å². The van der Waals surface area contributed by atoms with Gasteiger partial charge in [-0.25, -0.2) is 0 Å². The third kappa shape index (κ3) is 2.46. The van der Waals surface area contributed by atoms with Crippen LogP contribution >= 0.6 is 11.6 Å². The number of hydrogen-bond acceptors (Lipinski definition) is 2. The second kappa shape index (κ2) is 4.69. The van der Waals surface area contributed by atoms with Crippen molar-refractivity contribution in [3.8, 4) is 0 Å². The third-order valence-corrected chi connectivity index (χ3v) is 3.97. The highest BCUT2D eigenvalue weighted by molar-refractivity contribution is 6.21.